The number of oxazole rings is 1. The molecule has 1 saturated carbocycles. The second-order valence-electron chi connectivity index (χ2n) is 9.67. The van der Waals surface area contributed by atoms with Gasteiger partial charge in [0.15, 0.2) is 0 Å². The molecule has 3 N–H and O–H groups in total. The topological polar surface area (TPSA) is 149 Å². The summed E-state index contributed by atoms with van der Waals surface area (Å²) in [5.41, 5.74) is 2.78. The second kappa shape index (κ2) is 12.1. The van der Waals surface area contributed by atoms with E-state index in [0.717, 1.165) is 12.8 Å². The number of carbonyl (C=O) groups excluding carboxylic acids is 3. The van der Waals surface area contributed by atoms with Crippen LogP contribution in [-0.4, -0.2) is 56.9 Å². The minimum Gasteiger partial charge on any atom is -0.464 e. The molecule has 1 aliphatic carbocycles. The van der Waals surface area contributed by atoms with Crippen LogP contribution in [0.2, 0.25) is 0 Å². The van der Waals surface area contributed by atoms with Crippen LogP contribution in [0, 0.1) is 11.8 Å². The average molecular weight is 536 g/mol. The smallest absolute Gasteiger partial charge is 0.328 e. The first-order valence-corrected chi connectivity index (χ1v) is 12.9. The lowest BCUT2D eigenvalue weighted by Gasteiger charge is -2.19. The van der Waals surface area contributed by atoms with E-state index in [1.54, 1.807) is 45.0 Å². The summed E-state index contributed by atoms with van der Waals surface area (Å²) in [7, 11) is 0. The van der Waals surface area contributed by atoms with Gasteiger partial charge in [0.2, 0.25) is 11.7 Å². The number of rotatable bonds is 12. The largest absolute Gasteiger partial charge is 0.464 e. The molecule has 1 atom stereocenters. The van der Waals surface area contributed by atoms with E-state index in [9.17, 15) is 19.5 Å². The molecule has 0 radical (unpaired) electrons. The highest BCUT2D eigenvalue weighted by atomic mass is 16.5. The molecule has 11 nitrogen and oxygen atoms in total. The second-order valence-corrected chi connectivity index (χ2v) is 9.67. The molecule has 2 amide bonds. The zero-order valence-electron chi connectivity index (χ0n) is 22.3. The first kappa shape index (κ1) is 27.8. The number of carbonyl (C=O) groups is 3. The van der Waals surface area contributed by atoms with E-state index in [0.29, 0.717) is 34.1 Å². The molecule has 39 heavy (non-hydrogen) atoms. The number of esters is 1. The van der Waals surface area contributed by atoms with Crippen molar-refractivity contribution in [1.82, 2.24) is 25.4 Å². The van der Waals surface area contributed by atoms with Crippen LogP contribution in [-0.2, 0) is 16.1 Å². The molecule has 0 bridgehead atoms. The van der Waals surface area contributed by atoms with Crippen LogP contribution >= 0.6 is 0 Å². The lowest BCUT2D eigenvalue weighted by Crippen LogP contribution is -2.45. The molecule has 206 valence electrons. The van der Waals surface area contributed by atoms with Crippen molar-refractivity contribution in [1.29, 1.82) is 0 Å². The van der Waals surface area contributed by atoms with E-state index >= 15 is 0 Å². The number of nitrogens with zero attached hydrogens (tertiary/aromatic N) is 3. The van der Waals surface area contributed by atoms with Gasteiger partial charge < -0.3 is 24.9 Å². The number of amides is 2. The molecule has 0 spiro atoms. The van der Waals surface area contributed by atoms with Crippen molar-refractivity contribution >= 4 is 17.8 Å². The van der Waals surface area contributed by atoms with E-state index in [-0.39, 0.29) is 43.2 Å². The lowest BCUT2D eigenvalue weighted by molar-refractivity contribution is -0.146. The molecule has 4 rings (SSSR count). The number of hydrogen-bond acceptors (Lipinski definition) is 8. The minimum absolute atomic E-state index is 0.0487. The third-order valence-corrected chi connectivity index (χ3v) is 6.30. The number of aliphatic hydroxyl groups excluding tert-OH is 1. The standard InChI is InChI=1S/C28H33N5O6/c1-5-38-28(37)24(16(2)3)31-26(36)23-15-29-27(39-23)20-8-6-7-19(13-20)21-14-22(33(32-21)11-12-34)25(35)30-17(4)18-9-10-18/h6-8,13-16,18,24,34H,4-5,9-12H2,1-3H3,(H,30,35)(H,31,36). The van der Waals surface area contributed by atoms with Crippen LogP contribution < -0.4 is 10.6 Å². The van der Waals surface area contributed by atoms with Gasteiger partial charge in [-0.25, -0.2) is 9.78 Å². The summed E-state index contributed by atoms with van der Waals surface area (Å²) < 4.78 is 12.2. The van der Waals surface area contributed by atoms with Crippen LogP contribution in [0.4, 0.5) is 0 Å². The summed E-state index contributed by atoms with van der Waals surface area (Å²) in [6.45, 7) is 9.44. The molecule has 2 aromatic heterocycles. The van der Waals surface area contributed by atoms with Crippen LogP contribution in [0.5, 0.6) is 0 Å². The number of allylic oxidation sites excluding steroid dienone is 1. The maximum absolute atomic E-state index is 12.9. The van der Waals surface area contributed by atoms with E-state index < -0.39 is 17.9 Å². The zero-order chi connectivity index (χ0) is 28.1. The van der Waals surface area contributed by atoms with Crippen molar-refractivity contribution in [2.24, 2.45) is 11.8 Å². The Morgan fingerprint density at radius 1 is 1.21 bits per heavy atom. The predicted octanol–water partition coefficient (Wildman–Crippen LogP) is 3.17. The Balaban J connectivity index is 1.53. The zero-order valence-corrected chi connectivity index (χ0v) is 22.3. The van der Waals surface area contributed by atoms with Gasteiger partial charge >= 0.3 is 5.97 Å². The van der Waals surface area contributed by atoms with Crippen molar-refractivity contribution in [2.45, 2.75) is 46.2 Å². The Bertz CT molecular complexity index is 1370. The molecular weight excluding hydrogens is 502 g/mol. The van der Waals surface area contributed by atoms with E-state index in [1.165, 1.54) is 10.9 Å². The summed E-state index contributed by atoms with van der Waals surface area (Å²) in [4.78, 5) is 42.1. The monoisotopic (exact) mass is 535 g/mol. The predicted molar refractivity (Wildman–Crippen MR) is 142 cm³/mol. The normalized spacial score (nSPS) is 13.7. The van der Waals surface area contributed by atoms with Gasteiger partial charge in [-0.1, -0.05) is 32.6 Å². The number of benzene rings is 1. The first-order valence-electron chi connectivity index (χ1n) is 12.9. The summed E-state index contributed by atoms with van der Waals surface area (Å²) in [5, 5.41) is 19.5. The quantitative estimate of drug-likeness (QED) is 0.300. The van der Waals surface area contributed by atoms with E-state index in [4.69, 9.17) is 9.15 Å². The van der Waals surface area contributed by atoms with Gasteiger partial charge in [0, 0.05) is 16.8 Å². The highest BCUT2D eigenvalue weighted by molar-refractivity contribution is 5.95. The Morgan fingerprint density at radius 2 is 1.95 bits per heavy atom. The molecule has 0 aliphatic heterocycles. The third-order valence-electron chi connectivity index (χ3n) is 6.30. The molecule has 1 aliphatic rings. The van der Waals surface area contributed by atoms with Gasteiger partial charge in [0.1, 0.15) is 11.7 Å². The fourth-order valence-electron chi connectivity index (χ4n) is 4.02. The molecular formula is C28H33N5O6. The maximum atomic E-state index is 12.9. The van der Waals surface area contributed by atoms with Gasteiger partial charge in [-0.15, -0.1) is 0 Å². The molecule has 1 unspecified atom stereocenters. The van der Waals surface area contributed by atoms with Crippen molar-refractivity contribution in [3.63, 3.8) is 0 Å². The summed E-state index contributed by atoms with van der Waals surface area (Å²) in [5.74, 6) is -1.15. The molecule has 1 fully saturated rings. The van der Waals surface area contributed by atoms with Gasteiger partial charge in [0.05, 0.1) is 31.6 Å². The van der Waals surface area contributed by atoms with Gasteiger partial charge in [-0.3, -0.25) is 14.3 Å². The summed E-state index contributed by atoms with van der Waals surface area (Å²) in [6.07, 6.45) is 3.33. The first-order chi connectivity index (χ1) is 18.7. The van der Waals surface area contributed by atoms with E-state index in [2.05, 4.69) is 27.3 Å². The molecule has 11 heteroatoms. The number of ether oxygens (including phenoxy) is 1. The highest BCUT2D eigenvalue weighted by Gasteiger charge is 2.28. The summed E-state index contributed by atoms with van der Waals surface area (Å²) >= 11 is 0. The Labute approximate surface area is 226 Å². The van der Waals surface area contributed by atoms with Crippen molar-refractivity contribution in [3.8, 4) is 22.7 Å². The van der Waals surface area contributed by atoms with Crippen molar-refractivity contribution in [3.05, 3.63) is 60.3 Å². The number of aliphatic hydroxyl groups is 1. The molecule has 1 aromatic carbocycles. The van der Waals surface area contributed by atoms with Crippen LogP contribution in [0.3, 0.4) is 0 Å². The fraction of sp³-hybridized carbons (Fsp3) is 0.393. The minimum atomic E-state index is -0.823. The van der Waals surface area contributed by atoms with Crippen molar-refractivity contribution < 1.29 is 28.6 Å². The Morgan fingerprint density at radius 3 is 2.62 bits per heavy atom. The van der Waals surface area contributed by atoms with Crippen molar-refractivity contribution in [2.75, 3.05) is 13.2 Å². The SMILES string of the molecule is C=C(NC(=O)c1cc(-c2cccc(-c3ncc(C(=O)NC(C(=O)OCC)C(C)C)o3)c2)nn1CCO)C1CC1. The fourth-order valence-corrected chi connectivity index (χ4v) is 4.02. The molecule has 0 saturated heterocycles. The van der Waals surface area contributed by atoms with Crippen LogP contribution in [0.15, 0.2) is 53.2 Å². The Hall–Kier alpha value is -4.25. The third kappa shape index (κ3) is 6.61. The number of hydrogen-bond donors (Lipinski definition) is 3. The highest BCUT2D eigenvalue weighted by Crippen LogP contribution is 2.34. The average Bonchev–Trinajstić information content (AvgIpc) is 3.49. The van der Waals surface area contributed by atoms with Crippen LogP contribution in [0.25, 0.3) is 22.7 Å². The van der Waals surface area contributed by atoms with Gasteiger partial charge in [0.25, 0.3) is 11.8 Å². The lowest BCUT2D eigenvalue weighted by atomic mass is 10.0. The Kier molecular flexibility index (Phi) is 8.60. The molecule has 2 heterocycles. The number of aromatic nitrogens is 3. The number of nitrogens with one attached hydrogen (secondary N) is 2. The summed E-state index contributed by atoms with van der Waals surface area (Å²) in [6, 6.07) is 7.98. The molecule has 3 aromatic rings. The van der Waals surface area contributed by atoms with Crippen LogP contribution in [0.1, 0.15) is 54.7 Å². The maximum Gasteiger partial charge on any atom is 0.328 e. The van der Waals surface area contributed by atoms with Gasteiger partial charge in [-0.2, -0.15) is 5.10 Å². The van der Waals surface area contributed by atoms with E-state index in [1.807, 2.05) is 6.07 Å². The van der Waals surface area contributed by atoms with Gasteiger partial charge in [-0.05, 0) is 49.8 Å².